The lowest BCUT2D eigenvalue weighted by molar-refractivity contribution is -0.144. The molecule has 0 bridgehead atoms. The molecule has 2 aromatic rings. The number of carboxylic acid groups (broad SMARTS) is 1. The van der Waals surface area contributed by atoms with Gasteiger partial charge in [0, 0.05) is 4.88 Å². The van der Waals surface area contributed by atoms with Gasteiger partial charge in [0.1, 0.15) is 16.8 Å². The number of nitrogens with zero attached hydrogens (tertiary/aromatic N) is 2. The summed E-state index contributed by atoms with van der Waals surface area (Å²) in [5.41, 5.74) is 2.24. The largest absolute Gasteiger partial charge is 0.479 e. The van der Waals surface area contributed by atoms with Gasteiger partial charge in [-0.3, -0.25) is 0 Å². The van der Waals surface area contributed by atoms with Gasteiger partial charge in [0.15, 0.2) is 6.10 Å². The van der Waals surface area contributed by atoms with E-state index in [0.717, 1.165) is 22.6 Å². The van der Waals surface area contributed by atoms with E-state index in [1.54, 1.807) is 24.3 Å². The average Bonchev–Trinajstić information content (AvgIpc) is 2.93. The van der Waals surface area contributed by atoms with Crippen molar-refractivity contribution < 1.29 is 14.6 Å². The second-order valence-corrected chi connectivity index (χ2v) is 6.42. The third-order valence-corrected chi connectivity index (χ3v) is 4.45. The molecule has 1 aromatic carbocycles. The van der Waals surface area contributed by atoms with Crippen LogP contribution in [0.25, 0.3) is 11.6 Å². The number of benzene rings is 1. The highest BCUT2D eigenvalue weighted by molar-refractivity contribution is 7.12. The highest BCUT2D eigenvalue weighted by Crippen LogP contribution is 2.26. The lowest BCUT2D eigenvalue weighted by atomic mass is 10.1. The molecule has 0 spiro atoms. The molecule has 0 radical (unpaired) electrons. The van der Waals surface area contributed by atoms with Gasteiger partial charge in [0.25, 0.3) is 0 Å². The molecule has 0 aliphatic rings. The molecule has 1 heterocycles. The van der Waals surface area contributed by atoms with E-state index in [1.165, 1.54) is 18.3 Å². The van der Waals surface area contributed by atoms with E-state index in [0.29, 0.717) is 16.3 Å². The Morgan fingerprint density at radius 3 is 2.88 bits per heavy atom. The first-order chi connectivity index (χ1) is 11.4. The van der Waals surface area contributed by atoms with Gasteiger partial charge in [-0.25, -0.2) is 9.78 Å². The number of aryl methyl sites for hydroxylation is 2. The first-order valence-corrected chi connectivity index (χ1v) is 8.34. The number of hydrogen-bond acceptors (Lipinski definition) is 5. The molecule has 0 unspecified atom stereocenters. The number of carbonyl (C=O) groups is 1. The van der Waals surface area contributed by atoms with Crippen LogP contribution in [0.1, 0.15) is 35.0 Å². The maximum absolute atomic E-state index is 10.9. The lowest BCUT2D eigenvalue weighted by Crippen LogP contribution is -2.22. The molecule has 24 heavy (non-hydrogen) atoms. The fraction of sp³-hybridized carbons (Fsp3) is 0.278. The van der Waals surface area contributed by atoms with Gasteiger partial charge >= 0.3 is 5.97 Å². The van der Waals surface area contributed by atoms with Crippen LogP contribution in [-0.2, 0) is 11.2 Å². The zero-order chi connectivity index (χ0) is 17.7. The van der Waals surface area contributed by atoms with Gasteiger partial charge in [-0.1, -0.05) is 19.1 Å². The zero-order valence-corrected chi connectivity index (χ0v) is 14.6. The summed E-state index contributed by atoms with van der Waals surface area (Å²) in [5, 5.41) is 19.0. The number of nitriles is 1. The van der Waals surface area contributed by atoms with Crippen molar-refractivity contribution in [1.82, 2.24) is 4.98 Å². The van der Waals surface area contributed by atoms with Crippen LogP contribution in [0.15, 0.2) is 24.3 Å². The minimum atomic E-state index is -1.03. The van der Waals surface area contributed by atoms with Crippen molar-refractivity contribution in [1.29, 1.82) is 5.26 Å². The van der Waals surface area contributed by atoms with E-state index in [9.17, 15) is 10.1 Å². The summed E-state index contributed by atoms with van der Waals surface area (Å²) in [6.07, 6.45) is 1.63. The van der Waals surface area contributed by atoms with E-state index in [4.69, 9.17) is 9.84 Å². The molecule has 0 aliphatic heterocycles. The van der Waals surface area contributed by atoms with Crippen molar-refractivity contribution in [2.45, 2.75) is 33.3 Å². The highest BCUT2D eigenvalue weighted by Gasteiger charge is 2.13. The van der Waals surface area contributed by atoms with Crippen LogP contribution in [0.2, 0.25) is 0 Å². The minimum Gasteiger partial charge on any atom is -0.479 e. The van der Waals surface area contributed by atoms with Crippen LogP contribution >= 0.6 is 11.3 Å². The van der Waals surface area contributed by atoms with Crippen LogP contribution in [0, 0.1) is 18.3 Å². The van der Waals surface area contributed by atoms with Gasteiger partial charge < -0.3 is 9.84 Å². The third kappa shape index (κ3) is 4.21. The number of hydrogen-bond donors (Lipinski definition) is 1. The van der Waals surface area contributed by atoms with E-state index >= 15 is 0 Å². The molecule has 0 fully saturated rings. The first kappa shape index (κ1) is 17.7. The van der Waals surface area contributed by atoms with Crippen molar-refractivity contribution in [2.24, 2.45) is 0 Å². The summed E-state index contributed by atoms with van der Waals surface area (Å²) >= 11 is 1.50. The third-order valence-electron chi connectivity index (χ3n) is 3.41. The Morgan fingerprint density at radius 1 is 1.54 bits per heavy atom. The number of carboxylic acids is 1. The van der Waals surface area contributed by atoms with Gasteiger partial charge in [0.2, 0.25) is 0 Å². The second kappa shape index (κ2) is 7.75. The molecule has 1 N–H and O–H groups in total. The van der Waals surface area contributed by atoms with E-state index in [1.807, 2.05) is 19.9 Å². The molecular formula is C18H18N2O3S. The molecule has 1 atom stereocenters. The monoisotopic (exact) mass is 342 g/mol. The van der Waals surface area contributed by atoms with Gasteiger partial charge in [0.05, 0.1) is 11.3 Å². The number of aromatic nitrogens is 1. The molecule has 0 saturated heterocycles. The number of ether oxygens (including phenoxy) is 1. The zero-order valence-electron chi connectivity index (χ0n) is 13.7. The molecule has 5 nitrogen and oxygen atoms in total. The van der Waals surface area contributed by atoms with Crippen LogP contribution in [0.3, 0.4) is 0 Å². The molecule has 0 saturated carbocycles. The van der Waals surface area contributed by atoms with Crippen LogP contribution in [0.4, 0.5) is 0 Å². The molecule has 124 valence electrons. The number of aliphatic carboxylic acids is 1. The van der Waals surface area contributed by atoms with Crippen molar-refractivity contribution in [2.75, 3.05) is 0 Å². The Balaban J connectivity index is 2.31. The van der Waals surface area contributed by atoms with Crippen molar-refractivity contribution in [3.63, 3.8) is 0 Å². The van der Waals surface area contributed by atoms with Crippen molar-refractivity contribution in [3.8, 4) is 11.8 Å². The smallest absolute Gasteiger partial charge is 0.344 e. The first-order valence-electron chi connectivity index (χ1n) is 7.52. The molecule has 0 aliphatic carbocycles. The summed E-state index contributed by atoms with van der Waals surface area (Å²) in [5.74, 6) is -0.584. The van der Waals surface area contributed by atoms with Crippen molar-refractivity contribution >= 4 is 29.0 Å². The second-order valence-electron chi connectivity index (χ2n) is 5.22. The SMILES string of the molecule is CCc1nc(/C(C#N)=C/c2cccc(O[C@H](C)C(=O)O)c2)sc1C. The summed E-state index contributed by atoms with van der Waals surface area (Å²) in [6, 6.07) is 9.17. The lowest BCUT2D eigenvalue weighted by Gasteiger charge is -2.10. The van der Waals surface area contributed by atoms with Crippen LogP contribution in [-0.4, -0.2) is 22.2 Å². The number of thiazole rings is 1. The maximum atomic E-state index is 10.9. The van der Waals surface area contributed by atoms with Crippen molar-refractivity contribution in [3.05, 3.63) is 45.4 Å². The minimum absolute atomic E-state index is 0.445. The van der Waals surface area contributed by atoms with E-state index in [-0.39, 0.29) is 0 Å². The quantitative estimate of drug-likeness (QED) is 0.804. The van der Waals surface area contributed by atoms with Gasteiger partial charge in [-0.2, -0.15) is 5.26 Å². The fourth-order valence-corrected chi connectivity index (χ4v) is 3.08. The highest BCUT2D eigenvalue weighted by atomic mass is 32.1. The molecule has 1 aromatic heterocycles. The van der Waals surface area contributed by atoms with E-state index < -0.39 is 12.1 Å². The molecular weight excluding hydrogens is 324 g/mol. The van der Waals surface area contributed by atoms with Gasteiger partial charge in [-0.05, 0) is 44.0 Å². The topological polar surface area (TPSA) is 83.2 Å². The molecule has 6 heteroatoms. The fourth-order valence-electron chi connectivity index (χ4n) is 2.11. The summed E-state index contributed by atoms with van der Waals surface area (Å²) in [6.45, 7) is 5.50. The number of rotatable bonds is 6. The predicted molar refractivity (Wildman–Crippen MR) is 93.9 cm³/mol. The summed E-state index contributed by atoms with van der Waals surface area (Å²) in [7, 11) is 0. The maximum Gasteiger partial charge on any atom is 0.344 e. The number of allylic oxidation sites excluding steroid dienone is 1. The van der Waals surface area contributed by atoms with Crippen LogP contribution in [0.5, 0.6) is 5.75 Å². The van der Waals surface area contributed by atoms with Crippen LogP contribution < -0.4 is 4.74 Å². The molecule has 0 amide bonds. The summed E-state index contributed by atoms with van der Waals surface area (Å²) < 4.78 is 5.35. The Labute approximate surface area is 144 Å². The average molecular weight is 342 g/mol. The Hall–Kier alpha value is -2.65. The normalized spacial score (nSPS) is 12.5. The van der Waals surface area contributed by atoms with Gasteiger partial charge in [-0.15, -0.1) is 11.3 Å². The standard InChI is InChI=1S/C18H18N2O3S/c1-4-16-12(3)24-17(20-16)14(10-19)8-13-6-5-7-15(9-13)23-11(2)18(21)22/h5-9,11H,4H2,1-3H3,(H,21,22)/b14-8+/t11-/m1/s1. The Morgan fingerprint density at radius 2 is 2.29 bits per heavy atom. The molecule has 2 rings (SSSR count). The Bertz CT molecular complexity index is 818. The van der Waals surface area contributed by atoms with E-state index in [2.05, 4.69) is 11.1 Å². The Kier molecular flexibility index (Phi) is 5.72. The predicted octanol–water partition coefficient (Wildman–Crippen LogP) is 3.93. The summed E-state index contributed by atoms with van der Waals surface area (Å²) in [4.78, 5) is 16.5.